The molecule has 3 aromatic rings. The minimum Gasteiger partial charge on any atom is -0.258 e. The lowest BCUT2D eigenvalue weighted by Gasteiger charge is -2.11. The Bertz CT molecular complexity index is 1260. The van der Waals surface area contributed by atoms with Crippen LogP contribution in [0.3, 0.4) is 0 Å². The van der Waals surface area contributed by atoms with Gasteiger partial charge in [0.25, 0.3) is 11.4 Å². The summed E-state index contributed by atoms with van der Waals surface area (Å²) in [6.45, 7) is 6.04. The number of hydrogen-bond acceptors (Lipinski definition) is 5. The second-order valence-electron chi connectivity index (χ2n) is 7.54. The minimum absolute atomic E-state index is 0.279. The number of non-ortho nitro benzene ring substituents is 1. The highest BCUT2D eigenvalue weighted by Gasteiger charge is 2.35. The highest BCUT2D eigenvalue weighted by Crippen LogP contribution is 2.46. The zero-order valence-corrected chi connectivity index (χ0v) is 17.5. The van der Waals surface area contributed by atoms with Crippen LogP contribution in [0.1, 0.15) is 41.7 Å². The summed E-state index contributed by atoms with van der Waals surface area (Å²) in [5.41, 5.74) is 6.12. The van der Waals surface area contributed by atoms with Crippen LogP contribution in [0.5, 0.6) is 0 Å². The molecule has 0 saturated heterocycles. The summed E-state index contributed by atoms with van der Waals surface area (Å²) < 4.78 is 0. The van der Waals surface area contributed by atoms with Crippen molar-refractivity contribution in [3.05, 3.63) is 96.6 Å². The van der Waals surface area contributed by atoms with E-state index in [-0.39, 0.29) is 11.4 Å². The van der Waals surface area contributed by atoms with Crippen LogP contribution < -0.4 is 0 Å². The molecule has 1 aliphatic carbocycles. The molecule has 0 N–H and O–H groups in total. The molecule has 3 aromatic carbocycles. The maximum Gasteiger partial charge on any atom is 0.284 e. The Morgan fingerprint density at radius 1 is 0.839 bits per heavy atom. The molecule has 0 heterocycles. The summed E-state index contributed by atoms with van der Waals surface area (Å²) in [5, 5.41) is 23.3. The van der Waals surface area contributed by atoms with E-state index < -0.39 is 9.85 Å². The lowest BCUT2D eigenvalue weighted by Crippen LogP contribution is -2.02. The Balaban J connectivity index is 2.12. The molecule has 0 bridgehead atoms. The average Bonchev–Trinajstić information content (AvgIpc) is 3.05. The Kier molecular flexibility index (Phi) is 5.10. The topological polar surface area (TPSA) is 98.6 Å². The van der Waals surface area contributed by atoms with Crippen molar-refractivity contribution in [1.29, 1.82) is 0 Å². The number of fused-ring (bicyclic) bond motifs is 3. The number of nitrogens with zero attached hydrogens (tertiary/aromatic N) is 3. The first-order valence-corrected chi connectivity index (χ1v) is 10.1. The van der Waals surface area contributed by atoms with Crippen molar-refractivity contribution < 1.29 is 9.85 Å². The van der Waals surface area contributed by atoms with E-state index in [4.69, 9.17) is 4.99 Å². The number of aryl methyl sites for hydroxylation is 3. The highest BCUT2D eigenvalue weighted by atomic mass is 16.6. The molecule has 0 spiro atoms. The molecule has 4 rings (SSSR count). The minimum atomic E-state index is -0.601. The molecule has 0 amide bonds. The van der Waals surface area contributed by atoms with Gasteiger partial charge < -0.3 is 0 Å². The first-order chi connectivity index (χ1) is 14.8. The quantitative estimate of drug-likeness (QED) is 0.291. The Labute approximate surface area is 179 Å². The van der Waals surface area contributed by atoms with Crippen LogP contribution in [0, 0.1) is 27.2 Å². The summed E-state index contributed by atoms with van der Waals surface area (Å²) in [4.78, 5) is 27.2. The van der Waals surface area contributed by atoms with Crippen LogP contribution in [0.25, 0.3) is 11.1 Å². The van der Waals surface area contributed by atoms with Crippen molar-refractivity contribution in [2.45, 2.75) is 33.6 Å². The van der Waals surface area contributed by atoms with Gasteiger partial charge in [0.15, 0.2) is 0 Å². The van der Waals surface area contributed by atoms with E-state index >= 15 is 0 Å². The van der Waals surface area contributed by atoms with Crippen LogP contribution in [0.2, 0.25) is 0 Å². The lowest BCUT2D eigenvalue weighted by atomic mass is 10.0. The maximum absolute atomic E-state index is 11.8. The predicted molar refractivity (Wildman–Crippen MR) is 120 cm³/mol. The summed E-state index contributed by atoms with van der Waals surface area (Å²) in [6.07, 6.45) is 1.56. The molecule has 1 aliphatic rings. The fourth-order valence-electron chi connectivity index (χ4n) is 4.14. The summed E-state index contributed by atoms with van der Waals surface area (Å²) >= 11 is 0. The van der Waals surface area contributed by atoms with Gasteiger partial charge in [0.2, 0.25) is 0 Å². The molecule has 156 valence electrons. The van der Waals surface area contributed by atoms with E-state index in [1.54, 1.807) is 0 Å². The van der Waals surface area contributed by atoms with E-state index in [1.165, 1.54) is 6.07 Å². The van der Waals surface area contributed by atoms with Crippen molar-refractivity contribution in [2.75, 3.05) is 0 Å². The zero-order valence-electron chi connectivity index (χ0n) is 17.5. The van der Waals surface area contributed by atoms with Crippen molar-refractivity contribution in [2.24, 2.45) is 4.99 Å². The number of rotatable bonds is 5. The Morgan fingerprint density at radius 2 is 1.52 bits per heavy atom. The molecule has 7 heteroatoms. The molecular formula is C24H21N3O4. The SMILES string of the molecule is CCc1cccc(CC)c1N=C1c2cc(C)ccc2-c2c1cc([N+](=O)[O-])cc2[N+](=O)[O-]. The summed E-state index contributed by atoms with van der Waals surface area (Å²) in [7, 11) is 0. The van der Waals surface area contributed by atoms with Crippen LogP contribution in [0.15, 0.2) is 53.5 Å². The van der Waals surface area contributed by atoms with E-state index in [2.05, 4.69) is 13.8 Å². The number of aliphatic imine (C=N–C) groups is 1. The molecule has 0 saturated carbocycles. The van der Waals surface area contributed by atoms with Crippen molar-refractivity contribution in [3.63, 3.8) is 0 Å². The molecule has 0 aliphatic heterocycles. The van der Waals surface area contributed by atoms with Crippen molar-refractivity contribution in [1.82, 2.24) is 0 Å². The molecule has 0 aromatic heterocycles. The van der Waals surface area contributed by atoms with Gasteiger partial charge in [0.1, 0.15) is 0 Å². The van der Waals surface area contributed by atoms with Crippen LogP contribution in [-0.4, -0.2) is 15.6 Å². The zero-order chi connectivity index (χ0) is 22.3. The molecule has 0 radical (unpaired) electrons. The van der Waals surface area contributed by atoms with E-state index in [9.17, 15) is 20.2 Å². The average molecular weight is 415 g/mol. The third-order valence-corrected chi connectivity index (χ3v) is 5.65. The highest BCUT2D eigenvalue weighted by molar-refractivity contribution is 6.26. The summed E-state index contributed by atoms with van der Waals surface area (Å²) in [5.74, 6) is 0. The first kappa shape index (κ1) is 20.4. The fourth-order valence-corrected chi connectivity index (χ4v) is 4.14. The lowest BCUT2D eigenvalue weighted by molar-refractivity contribution is -0.393. The van der Waals surface area contributed by atoms with Gasteiger partial charge in [-0.3, -0.25) is 20.2 Å². The van der Waals surface area contributed by atoms with Crippen molar-refractivity contribution >= 4 is 22.8 Å². The van der Waals surface area contributed by atoms with Gasteiger partial charge >= 0.3 is 0 Å². The number of nitro benzene ring substituents is 2. The number of hydrogen-bond donors (Lipinski definition) is 0. The van der Waals surface area contributed by atoms with Crippen LogP contribution in [-0.2, 0) is 12.8 Å². The van der Waals surface area contributed by atoms with Gasteiger partial charge in [0.05, 0.1) is 32.9 Å². The van der Waals surface area contributed by atoms with Gasteiger partial charge in [-0.15, -0.1) is 0 Å². The molecule has 7 nitrogen and oxygen atoms in total. The largest absolute Gasteiger partial charge is 0.284 e. The Morgan fingerprint density at radius 3 is 2.10 bits per heavy atom. The fraction of sp³-hybridized carbons (Fsp3) is 0.208. The third-order valence-electron chi connectivity index (χ3n) is 5.65. The van der Waals surface area contributed by atoms with Gasteiger partial charge in [-0.25, -0.2) is 4.99 Å². The van der Waals surface area contributed by atoms with Crippen LogP contribution in [0.4, 0.5) is 17.1 Å². The molecule has 31 heavy (non-hydrogen) atoms. The van der Waals surface area contributed by atoms with Gasteiger partial charge in [-0.05, 0) is 42.5 Å². The standard InChI is InChI=1S/C24H21N3O4/c1-4-15-7-6-8-16(5-2)23(15)25-24-19-11-14(3)9-10-18(19)22-20(24)12-17(26(28)29)13-21(22)27(30)31/h6-13H,4-5H2,1-3H3. The smallest absolute Gasteiger partial charge is 0.258 e. The number of nitro groups is 2. The first-order valence-electron chi connectivity index (χ1n) is 10.1. The van der Waals surface area contributed by atoms with Crippen molar-refractivity contribution in [3.8, 4) is 11.1 Å². The van der Waals surface area contributed by atoms with Gasteiger partial charge in [-0.1, -0.05) is 49.7 Å². The Hall–Kier alpha value is -3.87. The van der Waals surface area contributed by atoms with Gasteiger partial charge in [-0.2, -0.15) is 0 Å². The monoisotopic (exact) mass is 415 g/mol. The van der Waals surface area contributed by atoms with E-state index in [0.29, 0.717) is 22.4 Å². The number of para-hydroxylation sites is 1. The number of benzene rings is 3. The van der Waals surface area contributed by atoms with Gasteiger partial charge in [0, 0.05) is 17.2 Å². The predicted octanol–water partition coefficient (Wildman–Crippen LogP) is 6.09. The molecule has 0 unspecified atom stereocenters. The second-order valence-corrected chi connectivity index (χ2v) is 7.54. The normalized spacial score (nSPS) is 13.2. The van der Waals surface area contributed by atoms with E-state index in [0.717, 1.165) is 46.8 Å². The molecule has 0 fully saturated rings. The molecular weight excluding hydrogens is 394 g/mol. The summed E-state index contributed by atoms with van der Waals surface area (Å²) in [6, 6.07) is 14.1. The van der Waals surface area contributed by atoms with E-state index in [1.807, 2.05) is 43.3 Å². The maximum atomic E-state index is 11.8. The molecule has 0 atom stereocenters. The third kappa shape index (κ3) is 3.38. The second kappa shape index (κ2) is 7.75. The van der Waals surface area contributed by atoms with Crippen LogP contribution >= 0.6 is 0 Å².